The molecule has 3 atom stereocenters. The van der Waals surface area contributed by atoms with Gasteiger partial charge in [-0.3, -0.25) is 10.1 Å². The van der Waals surface area contributed by atoms with Crippen molar-refractivity contribution in [1.29, 1.82) is 0 Å². The van der Waals surface area contributed by atoms with E-state index >= 15 is 0 Å². The highest BCUT2D eigenvalue weighted by Gasteiger charge is 2.49. The lowest BCUT2D eigenvalue weighted by Crippen LogP contribution is -2.54. The van der Waals surface area contributed by atoms with Crippen molar-refractivity contribution >= 4 is 17.5 Å². The third kappa shape index (κ3) is 2.55. The van der Waals surface area contributed by atoms with Crippen LogP contribution < -0.4 is 11.1 Å². The largest absolute Gasteiger partial charge is 0.368 e. The molecule has 1 aliphatic heterocycles. The van der Waals surface area contributed by atoms with Crippen LogP contribution >= 0.6 is 11.6 Å². The zero-order chi connectivity index (χ0) is 15.7. The molecule has 1 aromatic carbocycles. The van der Waals surface area contributed by atoms with Crippen LogP contribution in [0.4, 0.5) is 4.39 Å². The van der Waals surface area contributed by atoms with E-state index in [1.54, 1.807) is 6.07 Å². The maximum atomic E-state index is 13.8. The highest BCUT2D eigenvalue weighted by molar-refractivity contribution is 6.21. The molecule has 1 aromatic heterocycles. The number of amides is 1. The number of aromatic nitrogens is 4. The number of nitrogens with two attached hydrogens (primary N) is 1. The highest BCUT2D eigenvalue weighted by Crippen LogP contribution is 2.32. The number of para-hydroxylation sites is 1. The zero-order valence-electron chi connectivity index (χ0n) is 11.5. The fraction of sp³-hybridized carbons (Fsp3) is 0.385. The van der Waals surface area contributed by atoms with Crippen LogP contribution in [0.15, 0.2) is 30.6 Å². The number of carbonyl (C=O) groups is 1. The van der Waals surface area contributed by atoms with Gasteiger partial charge in [0, 0.05) is 12.8 Å². The van der Waals surface area contributed by atoms with Crippen molar-refractivity contribution in [2.75, 3.05) is 0 Å². The number of hydrogen-bond acceptors (Lipinski definition) is 5. The van der Waals surface area contributed by atoms with Gasteiger partial charge in [-0.05, 0) is 22.1 Å². The number of rotatable bonds is 4. The van der Waals surface area contributed by atoms with E-state index in [4.69, 9.17) is 17.3 Å². The molecule has 1 aliphatic rings. The van der Waals surface area contributed by atoms with Gasteiger partial charge in [0.05, 0.1) is 5.69 Å². The van der Waals surface area contributed by atoms with E-state index in [-0.39, 0.29) is 12.8 Å². The van der Waals surface area contributed by atoms with Gasteiger partial charge in [-0.2, -0.15) is 0 Å². The van der Waals surface area contributed by atoms with Crippen molar-refractivity contribution in [3.63, 3.8) is 0 Å². The minimum absolute atomic E-state index is 0.0690. The van der Waals surface area contributed by atoms with Gasteiger partial charge in [-0.1, -0.05) is 18.2 Å². The molecule has 116 valence electrons. The second kappa shape index (κ2) is 5.62. The second-order valence-corrected chi connectivity index (χ2v) is 5.74. The predicted octanol–water partition coefficient (Wildman–Crippen LogP) is 0.325. The van der Waals surface area contributed by atoms with Gasteiger partial charge in [0.15, 0.2) is 0 Å². The molecule has 0 saturated carbocycles. The number of benzene rings is 1. The number of hydrogen-bond donors (Lipinski definition) is 2. The quantitative estimate of drug-likeness (QED) is 0.623. The molecule has 22 heavy (non-hydrogen) atoms. The third-order valence-corrected chi connectivity index (χ3v) is 4.21. The molecule has 2 aromatic rings. The monoisotopic (exact) mass is 324 g/mol. The summed E-state index contributed by atoms with van der Waals surface area (Å²) in [6.45, 7) is 0. The molecule has 0 spiro atoms. The smallest absolute Gasteiger partial charge is 0.238 e. The Morgan fingerprint density at radius 2 is 2.32 bits per heavy atom. The average Bonchev–Trinajstić information content (AvgIpc) is 3.09. The molecular weight excluding hydrogens is 311 g/mol. The lowest BCUT2D eigenvalue weighted by molar-refractivity contribution is -0.124. The molecule has 1 amide bonds. The minimum atomic E-state index is -1.34. The lowest BCUT2D eigenvalue weighted by atomic mass is 9.87. The Kier molecular flexibility index (Phi) is 3.79. The molecule has 0 aliphatic carbocycles. The predicted molar refractivity (Wildman–Crippen MR) is 77.1 cm³/mol. The lowest BCUT2D eigenvalue weighted by Gasteiger charge is -2.26. The van der Waals surface area contributed by atoms with Crippen molar-refractivity contribution < 1.29 is 9.18 Å². The highest BCUT2D eigenvalue weighted by atomic mass is 35.5. The summed E-state index contributed by atoms with van der Waals surface area (Å²) in [5.41, 5.74) is 4.80. The maximum absolute atomic E-state index is 13.8. The van der Waals surface area contributed by atoms with E-state index in [2.05, 4.69) is 20.8 Å². The van der Waals surface area contributed by atoms with Gasteiger partial charge in [0.1, 0.15) is 23.5 Å². The molecule has 0 bridgehead atoms. The first-order chi connectivity index (χ1) is 10.5. The fourth-order valence-corrected chi connectivity index (χ4v) is 3.01. The number of primary amides is 1. The molecular formula is C13H14ClFN6O. The number of nitrogens with zero attached hydrogens (tertiary/aromatic N) is 4. The normalized spacial score (nSPS) is 27.9. The SMILES string of the molecule is NC(=O)[C@]1(Cc2ccccc2-n2cnnn2)CC(F)C(Cl)N1. The molecule has 7 nitrogen and oxygen atoms in total. The van der Waals surface area contributed by atoms with Crippen molar-refractivity contribution in [1.82, 2.24) is 25.5 Å². The van der Waals surface area contributed by atoms with Crippen LogP contribution in [0.5, 0.6) is 0 Å². The van der Waals surface area contributed by atoms with Crippen LogP contribution in [-0.4, -0.2) is 43.3 Å². The van der Waals surface area contributed by atoms with E-state index in [9.17, 15) is 9.18 Å². The summed E-state index contributed by atoms with van der Waals surface area (Å²) in [7, 11) is 0. The number of tetrazole rings is 1. The number of carbonyl (C=O) groups excluding carboxylic acids is 1. The molecule has 2 heterocycles. The Bertz CT molecular complexity index is 669. The number of halogens is 2. The Balaban J connectivity index is 1.97. The van der Waals surface area contributed by atoms with E-state index in [0.717, 1.165) is 5.56 Å². The number of nitrogens with one attached hydrogen (secondary N) is 1. The first-order valence-corrected chi connectivity index (χ1v) is 7.12. The van der Waals surface area contributed by atoms with Crippen LogP contribution in [0.3, 0.4) is 0 Å². The van der Waals surface area contributed by atoms with Gasteiger partial charge in [0.25, 0.3) is 0 Å². The van der Waals surface area contributed by atoms with Crippen LogP contribution in [0.25, 0.3) is 5.69 Å². The Morgan fingerprint density at radius 1 is 1.55 bits per heavy atom. The summed E-state index contributed by atoms with van der Waals surface area (Å²) in [5, 5.41) is 13.8. The van der Waals surface area contributed by atoms with Gasteiger partial charge < -0.3 is 5.73 Å². The molecule has 1 fully saturated rings. The van der Waals surface area contributed by atoms with Crippen LogP contribution in [0, 0.1) is 0 Å². The van der Waals surface area contributed by atoms with Gasteiger partial charge in [0.2, 0.25) is 5.91 Å². The fourth-order valence-electron chi connectivity index (χ4n) is 2.71. The van der Waals surface area contributed by atoms with Gasteiger partial charge in [-0.25, -0.2) is 9.07 Å². The van der Waals surface area contributed by atoms with E-state index in [1.807, 2.05) is 18.2 Å². The minimum Gasteiger partial charge on any atom is -0.368 e. The maximum Gasteiger partial charge on any atom is 0.238 e. The van der Waals surface area contributed by atoms with E-state index in [1.165, 1.54) is 11.0 Å². The average molecular weight is 325 g/mol. The molecule has 9 heteroatoms. The second-order valence-electron chi connectivity index (χ2n) is 5.27. The molecule has 0 radical (unpaired) electrons. The topological polar surface area (TPSA) is 98.7 Å². The first kappa shape index (κ1) is 14.9. The van der Waals surface area contributed by atoms with Crippen molar-refractivity contribution in [2.24, 2.45) is 5.73 Å². The van der Waals surface area contributed by atoms with Gasteiger partial charge in [-0.15, -0.1) is 16.7 Å². The molecule has 1 saturated heterocycles. The number of alkyl halides is 2. The van der Waals surface area contributed by atoms with Crippen molar-refractivity contribution in [3.8, 4) is 5.69 Å². The molecule has 2 unspecified atom stereocenters. The molecule has 3 rings (SSSR count). The summed E-state index contributed by atoms with van der Waals surface area (Å²) < 4.78 is 15.3. The summed E-state index contributed by atoms with van der Waals surface area (Å²) in [4.78, 5) is 11.9. The van der Waals surface area contributed by atoms with Gasteiger partial charge >= 0.3 is 0 Å². The van der Waals surface area contributed by atoms with Crippen LogP contribution in [-0.2, 0) is 11.2 Å². The molecule has 3 N–H and O–H groups in total. The summed E-state index contributed by atoms with van der Waals surface area (Å²) in [6.07, 6.45) is 0.233. The van der Waals surface area contributed by atoms with Crippen molar-refractivity contribution in [2.45, 2.75) is 30.1 Å². The van der Waals surface area contributed by atoms with Crippen molar-refractivity contribution in [3.05, 3.63) is 36.2 Å². The summed E-state index contributed by atoms with van der Waals surface area (Å²) in [5.74, 6) is -0.634. The summed E-state index contributed by atoms with van der Waals surface area (Å²) in [6, 6.07) is 7.26. The van der Waals surface area contributed by atoms with E-state index < -0.39 is 23.1 Å². The van der Waals surface area contributed by atoms with Crippen LogP contribution in [0.1, 0.15) is 12.0 Å². The van der Waals surface area contributed by atoms with Crippen LogP contribution in [0.2, 0.25) is 0 Å². The standard InChI is InChI=1S/C13H14ClFN6O/c14-11-9(15)6-13(18-11,12(16)22)5-8-3-1-2-4-10(8)21-7-17-19-20-21/h1-4,7,9,11,18H,5-6H2,(H2,16,22)/t9?,11?,13-/m0/s1. The summed E-state index contributed by atoms with van der Waals surface area (Å²) >= 11 is 5.87. The first-order valence-electron chi connectivity index (χ1n) is 6.69. The zero-order valence-corrected chi connectivity index (χ0v) is 12.2. The Morgan fingerprint density at radius 3 is 2.91 bits per heavy atom. The Labute approximate surface area is 130 Å². The van der Waals surface area contributed by atoms with E-state index in [0.29, 0.717) is 5.69 Å². The third-order valence-electron chi connectivity index (χ3n) is 3.83. The Hall–Kier alpha value is -2.06.